The Labute approximate surface area is 148 Å². The van der Waals surface area contributed by atoms with Gasteiger partial charge in [0.1, 0.15) is 12.4 Å². The summed E-state index contributed by atoms with van der Waals surface area (Å²) >= 11 is 0. The molecule has 25 heavy (non-hydrogen) atoms. The fourth-order valence-corrected chi connectivity index (χ4v) is 2.67. The van der Waals surface area contributed by atoms with E-state index >= 15 is 0 Å². The quantitative estimate of drug-likeness (QED) is 0.415. The van der Waals surface area contributed by atoms with E-state index in [4.69, 9.17) is 9.47 Å². The molecule has 0 aliphatic heterocycles. The number of imidazole rings is 1. The van der Waals surface area contributed by atoms with Gasteiger partial charge in [-0.3, -0.25) is 0 Å². The lowest BCUT2D eigenvalue weighted by molar-refractivity contribution is 0.0896. The van der Waals surface area contributed by atoms with Crippen molar-refractivity contribution in [1.29, 1.82) is 0 Å². The summed E-state index contributed by atoms with van der Waals surface area (Å²) < 4.78 is 13.6. The zero-order valence-electron chi connectivity index (χ0n) is 14.6. The van der Waals surface area contributed by atoms with Gasteiger partial charge in [-0.05, 0) is 17.2 Å². The number of ether oxygens (including phenoxy) is 2. The average Bonchev–Trinajstić information content (AvgIpc) is 3.16. The summed E-state index contributed by atoms with van der Waals surface area (Å²) in [5, 5.41) is 2.36. The van der Waals surface area contributed by atoms with Crippen LogP contribution in [0.2, 0.25) is 0 Å². The highest BCUT2D eigenvalue weighted by molar-refractivity contribution is 5.94. The van der Waals surface area contributed by atoms with Crippen LogP contribution in [0.4, 0.5) is 0 Å². The number of hydrogen-bond donors (Lipinski definition) is 0. The van der Waals surface area contributed by atoms with Crippen molar-refractivity contribution in [3.63, 3.8) is 0 Å². The molecule has 0 aliphatic carbocycles. The lowest BCUT2D eigenvalue weighted by atomic mass is 10.0. The number of aromatic nitrogens is 2. The molecule has 0 radical (unpaired) electrons. The summed E-state index contributed by atoms with van der Waals surface area (Å²) in [6, 6.07) is 14.6. The Kier molecular flexibility index (Phi) is 6.23. The Hall–Kier alpha value is -2.59. The number of unbranched alkanes of at least 4 members (excludes halogenated alkanes) is 1. The van der Waals surface area contributed by atoms with Gasteiger partial charge >= 0.3 is 0 Å². The van der Waals surface area contributed by atoms with Crippen LogP contribution in [0.5, 0.6) is 0 Å². The van der Waals surface area contributed by atoms with Gasteiger partial charge in [0, 0.05) is 24.6 Å². The standard InChI is InChI=1S/C21H24N2O2/c1-2-3-13-24-14-15-25-21(16-23-12-11-22-17-23)20-10-6-8-18-7-4-5-9-19(18)20/h4-12,16-17H,2-3,13-15H2,1H3. The number of benzene rings is 2. The van der Waals surface area contributed by atoms with Crippen LogP contribution in [0.3, 0.4) is 0 Å². The first-order valence-corrected chi connectivity index (χ1v) is 8.76. The predicted molar refractivity (Wildman–Crippen MR) is 102 cm³/mol. The second kappa shape index (κ2) is 9.04. The summed E-state index contributed by atoms with van der Waals surface area (Å²) in [4.78, 5) is 4.10. The first-order valence-electron chi connectivity index (χ1n) is 8.76. The van der Waals surface area contributed by atoms with Gasteiger partial charge in [-0.15, -0.1) is 0 Å². The fraction of sp³-hybridized carbons (Fsp3) is 0.286. The summed E-state index contributed by atoms with van der Waals surface area (Å²) in [6.45, 7) is 4.06. The van der Waals surface area contributed by atoms with Crippen molar-refractivity contribution in [2.45, 2.75) is 19.8 Å². The molecule has 3 rings (SSSR count). The third kappa shape index (κ3) is 4.70. The minimum atomic E-state index is 0.521. The molecule has 0 bridgehead atoms. The first kappa shape index (κ1) is 17.2. The van der Waals surface area contributed by atoms with Gasteiger partial charge in [-0.25, -0.2) is 4.98 Å². The molecule has 0 saturated heterocycles. The maximum atomic E-state index is 6.08. The Morgan fingerprint density at radius 3 is 2.80 bits per heavy atom. The van der Waals surface area contributed by atoms with Crippen LogP contribution in [-0.4, -0.2) is 29.4 Å². The zero-order valence-corrected chi connectivity index (χ0v) is 14.6. The van der Waals surface area contributed by atoms with Crippen molar-refractivity contribution >= 4 is 22.7 Å². The van der Waals surface area contributed by atoms with Crippen molar-refractivity contribution in [2.75, 3.05) is 19.8 Å². The van der Waals surface area contributed by atoms with Crippen molar-refractivity contribution in [3.05, 3.63) is 66.7 Å². The molecular formula is C21H24N2O2. The molecule has 3 aromatic rings. The van der Waals surface area contributed by atoms with Gasteiger partial charge in [-0.1, -0.05) is 55.8 Å². The monoisotopic (exact) mass is 336 g/mol. The van der Waals surface area contributed by atoms with E-state index in [2.05, 4.69) is 48.3 Å². The van der Waals surface area contributed by atoms with Crippen molar-refractivity contribution < 1.29 is 9.47 Å². The molecular weight excluding hydrogens is 312 g/mol. The van der Waals surface area contributed by atoms with Crippen LogP contribution < -0.4 is 0 Å². The van der Waals surface area contributed by atoms with Crippen LogP contribution in [0, 0.1) is 0 Å². The lowest BCUT2D eigenvalue weighted by Gasteiger charge is -2.14. The Morgan fingerprint density at radius 1 is 1.08 bits per heavy atom. The number of hydrogen-bond acceptors (Lipinski definition) is 3. The minimum absolute atomic E-state index is 0.521. The van der Waals surface area contributed by atoms with Crippen molar-refractivity contribution in [1.82, 2.24) is 9.55 Å². The maximum Gasteiger partial charge on any atom is 0.143 e. The SMILES string of the molecule is CCCCOCCOC(=Cn1ccnc1)c1cccc2ccccc12. The second-order valence-corrected chi connectivity index (χ2v) is 5.84. The van der Waals surface area contributed by atoms with Crippen LogP contribution in [0.1, 0.15) is 25.3 Å². The highest BCUT2D eigenvalue weighted by Crippen LogP contribution is 2.26. The minimum Gasteiger partial charge on any atom is -0.489 e. The van der Waals surface area contributed by atoms with Crippen LogP contribution >= 0.6 is 0 Å². The molecule has 4 nitrogen and oxygen atoms in total. The van der Waals surface area contributed by atoms with Gasteiger partial charge in [0.2, 0.25) is 0 Å². The Morgan fingerprint density at radius 2 is 1.96 bits per heavy atom. The zero-order chi connectivity index (χ0) is 17.3. The van der Waals surface area contributed by atoms with E-state index in [1.807, 2.05) is 23.0 Å². The lowest BCUT2D eigenvalue weighted by Crippen LogP contribution is -2.05. The Bertz CT molecular complexity index is 804. The molecule has 130 valence electrons. The van der Waals surface area contributed by atoms with Crippen LogP contribution in [0.15, 0.2) is 61.2 Å². The molecule has 0 saturated carbocycles. The van der Waals surface area contributed by atoms with Crippen LogP contribution in [-0.2, 0) is 9.47 Å². The molecule has 0 spiro atoms. The normalized spacial score (nSPS) is 11.8. The summed E-state index contributed by atoms with van der Waals surface area (Å²) in [7, 11) is 0. The summed E-state index contributed by atoms with van der Waals surface area (Å²) in [5.41, 5.74) is 1.07. The van der Waals surface area contributed by atoms with Gasteiger partial charge in [0.05, 0.1) is 19.1 Å². The van der Waals surface area contributed by atoms with Gasteiger partial charge in [0.25, 0.3) is 0 Å². The van der Waals surface area contributed by atoms with E-state index in [9.17, 15) is 0 Å². The second-order valence-electron chi connectivity index (χ2n) is 5.84. The highest BCUT2D eigenvalue weighted by Gasteiger charge is 2.08. The molecule has 0 fully saturated rings. The van der Waals surface area contributed by atoms with Gasteiger partial charge < -0.3 is 14.0 Å². The topological polar surface area (TPSA) is 36.3 Å². The Balaban J connectivity index is 1.81. The number of rotatable bonds is 9. The van der Waals surface area contributed by atoms with E-state index in [1.54, 1.807) is 12.5 Å². The summed E-state index contributed by atoms with van der Waals surface area (Å²) in [5.74, 6) is 0.814. The van der Waals surface area contributed by atoms with Crippen molar-refractivity contribution in [3.8, 4) is 0 Å². The molecule has 4 heteroatoms. The molecule has 2 aromatic carbocycles. The molecule has 0 aliphatic rings. The number of fused-ring (bicyclic) bond motifs is 1. The molecule has 0 amide bonds. The van der Waals surface area contributed by atoms with E-state index in [1.165, 1.54) is 10.8 Å². The predicted octanol–water partition coefficient (Wildman–Crippen LogP) is 4.83. The fourth-order valence-electron chi connectivity index (χ4n) is 2.67. The van der Waals surface area contributed by atoms with Gasteiger partial charge in [-0.2, -0.15) is 0 Å². The molecule has 1 aromatic heterocycles. The molecule has 0 atom stereocenters. The van der Waals surface area contributed by atoms with E-state index in [-0.39, 0.29) is 0 Å². The van der Waals surface area contributed by atoms with Crippen LogP contribution in [0.25, 0.3) is 22.7 Å². The summed E-state index contributed by atoms with van der Waals surface area (Å²) in [6.07, 6.45) is 9.59. The molecule has 0 unspecified atom stereocenters. The third-order valence-corrected chi connectivity index (χ3v) is 3.97. The van der Waals surface area contributed by atoms with Gasteiger partial charge in [0.15, 0.2) is 0 Å². The third-order valence-electron chi connectivity index (χ3n) is 3.97. The van der Waals surface area contributed by atoms with Crippen molar-refractivity contribution in [2.24, 2.45) is 0 Å². The highest BCUT2D eigenvalue weighted by atomic mass is 16.5. The maximum absolute atomic E-state index is 6.08. The molecule has 0 N–H and O–H groups in total. The largest absolute Gasteiger partial charge is 0.489 e. The number of nitrogens with zero attached hydrogens (tertiary/aromatic N) is 2. The smallest absolute Gasteiger partial charge is 0.143 e. The average molecular weight is 336 g/mol. The molecule has 1 heterocycles. The van der Waals surface area contributed by atoms with E-state index in [0.717, 1.165) is 30.8 Å². The van der Waals surface area contributed by atoms with E-state index in [0.29, 0.717) is 13.2 Å². The van der Waals surface area contributed by atoms with E-state index < -0.39 is 0 Å². The first-order chi connectivity index (χ1) is 12.4.